The fourth-order valence-electron chi connectivity index (χ4n) is 2.94. The molecule has 0 spiro atoms. The number of aryl methyl sites for hydroxylation is 1. The largest absolute Gasteiger partial charge is 0.395 e. The summed E-state index contributed by atoms with van der Waals surface area (Å²) in [6, 6.07) is 8.03. The number of amides is 1. The van der Waals surface area contributed by atoms with Crippen LogP contribution in [0, 0.1) is 6.92 Å². The monoisotopic (exact) mass is 305 g/mol. The third-order valence-corrected chi connectivity index (χ3v) is 4.26. The normalized spacial score (nSPS) is 16.7. The first-order valence-corrected chi connectivity index (χ1v) is 8.07. The quantitative estimate of drug-likeness (QED) is 0.850. The zero-order chi connectivity index (χ0) is 15.9. The Kier molecular flexibility index (Phi) is 6.36. The van der Waals surface area contributed by atoms with Gasteiger partial charge < -0.3 is 10.0 Å². The molecule has 1 aliphatic rings. The Labute approximate surface area is 133 Å². The second-order valence-electron chi connectivity index (χ2n) is 5.77. The third-order valence-electron chi connectivity index (χ3n) is 4.26. The molecule has 1 fully saturated rings. The average molecular weight is 305 g/mol. The molecule has 0 radical (unpaired) electrons. The molecule has 0 bridgehead atoms. The van der Waals surface area contributed by atoms with Crippen molar-refractivity contribution in [2.75, 3.05) is 57.3 Å². The molecule has 1 amide bonds. The highest BCUT2D eigenvalue weighted by Gasteiger charge is 2.22. The number of hydrogen-bond acceptors (Lipinski definition) is 4. The number of aliphatic hydroxyl groups excluding tert-OH is 1. The van der Waals surface area contributed by atoms with Crippen LogP contribution < -0.4 is 4.90 Å². The molecule has 5 heteroatoms. The van der Waals surface area contributed by atoms with Crippen LogP contribution in [-0.2, 0) is 4.79 Å². The fourth-order valence-corrected chi connectivity index (χ4v) is 2.94. The molecule has 5 nitrogen and oxygen atoms in total. The second kappa shape index (κ2) is 8.27. The Bertz CT molecular complexity index is 485. The number of rotatable bonds is 6. The van der Waals surface area contributed by atoms with Crippen LogP contribution in [0.2, 0.25) is 0 Å². The van der Waals surface area contributed by atoms with E-state index in [-0.39, 0.29) is 12.5 Å². The summed E-state index contributed by atoms with van der Waals surface area (Å²) in [6.07, 6.45) is 0. The number of para-hydroxylation sites is 1. The first kappa shape index (κ1) is 16.9. The predicted octanol–water partition coefficient (Wildman–Crippen LogP) is 0.958. The number of anilines is 1. The Morgan fingerprint density at radius 1 is 1.18 bits per heavy atom. The van der Waals surface area contributed by atoms with E-state index in [0.717, 1.165) is 44.0 Å². The Morgan fingerprint density at radius 2 is 1.82 bits per heavy atom. The van der Waals surface area contributed by atoms with E-state index in [2.05, 4.69) is 9.80 Å². The van der Waals surface area contributed by atoms with E-state index in [1.165, 1.54) is 0 Å². The van der Waals surface area contributed by atoms with E-state index in [1.807, 2.05) is 43.0 Å². The molecule has 0 saturated carbocycles. The summed E-state index contributed by atoms with van der Waals surface area (Å²) in [6.45, 7) is 9.76. The van der Waals surface area contributed by atoms with E-state index in [1.54, 1.807) is 0 Å². The summed E-state index contributed by atoms with van der Waals surface area (Å²) in [5.74, 6) is 0.160. The summed E-state index contributed by atoms with van der Waals surface area (Å²) >= 11 is 0. The molecule has 0 atom stereocenters. The molecule has 1 aromatic carbocycles. The molecule has 122 valence electrons. The van der Waals surface area contributed by atoms with Gasteiger partial charge in [-0.25, -0.2) is 0 Å². The maximum atomic E-state index is 12.6. The number of β-amino-alcohol motifs (C(OH)–C–C–N with tert-alkyl or cyclic N) is 1. The van der Waals surface area contributed by atoms with Crippen molar-refractivity contribution in [1.82, 2.24) is 9.80 Å². The standard InChI is InChI=1S/C17H27N3O2/c1-3-20(16-7-5-4-6-15(16)2)17(22)14-19-10-8-18(9-11-19)12-13-21/h4-7,21H,3,8-14H2,1-2H3. The van der Waals surface area contributed by atoms with Gasteiger partial charge in [0.05, 0.1) is 13.2 Å². The molecule has 1 saturated heterocycles. The van der Waals surface area contributed by atoms with Crippen LogP contribution in [0.15, 0.2) is 24.3 Å². The minimum absolute atomic E-state index is 0.160. The number of carbonyl (C=O) groups is 1. The van der Waals surface area contributed by atoms with Gasteiger partial charge in [0.2, 0.25) is 5.91 Å². The number of likely N-dealkylation sites (N-methyl/N-ethyl adjacent to an activating group) is 1. The smallest absolute Gasteiger partial charge is 0.241 e. The van der Waals surface area contributed by atoms with Gasteiger partial charge in [-0.15, -0.1) is 0 Å². The van der Waals surface area contributed by atoms with E-state index < -0.39 is 0 Å². The summed E-state index contributed by atoms with van der Waals surface area (Å²) in [4.78, 5) is 18.9. The van der Waals surface area contributed by atoms with Crippen molar-refractivity contribution in [3.63, 3.8) is 0 Å². The molecule has 1 heterocycles. The van der Waals surface area contributed by atoms with Crippen LogP contribution in [0.1, 0.15) is 12.5 Å². The molecule has 0 unspecified atom stereocenters. The van der Waals surface area contributed by atoms with Crippen molar-refractivity contribution in [3.8, 4) is 0 Å². The van der Waals surface area contributed by atoms with Crippen LogP contribution in [-0.4, -0.2) is 73.2 Å². The van der Waals surface area contributed by atoms with Gasteiger partial charge in [-0.3, -0.25) is 14.6 Å². The van der Waals surface area contributed by atoms with Crippen LogP contribution in [0.25, 0.3) is 0 Å². The minimum atomic E-state index is 0.160. The van der Waals surface area contributed by atoms with Crippen LogP contribution in [0.4, 0.5) is 5.69 Å². The van der Waals surface area contributed by atoms with Gasteiger partial charge in [0.1, 0.15) is 0 Å². The van der Waals surface area contributed by atoms with E-state index in [0.29, 0.717) is 13.1 Å². The number of carbonyl (C=O) groups excluding carboxylic acids is 1. The molecular weight excluding hydrogens is 278 g/mol. The summed E-state index contributed by atoms with van der Waals surface area (Å²) in [7, 11) is 0. The predicted molar refractivity (Wildman–Crippen MR) is 89.2 cm³/mol. The summed E-state index contributed by atoms with van der Waals surface area (Å²) in [5, 5.41) is 8.97. The number of aliphatic hydroxyl groups is 1. The van der Waals surface area contributed by atoms with E-state index >= 15 is 0 Å². The van der Waals surface area contributed by atoms with Crippen LogP contribution in [0.5, 0.6) is 0 Å². The first-order chi connectivity index (χ1) is 10.7. The molecule has 1 aliphatic heterocycles. The van der Waals surface area contributed by atoms with Crippen molar-refractivity contribution < 1.29 is 9.90 Å². The van der Waals surface area contributed by atoms with E-state index in [9.17, 15) is 4.79 Å². The lowest BCUT2D eigenvalue weighted by Gasteiger charge is -2.35. The van der Waals surface area contributed by atoms with Crippen LogP contribution in [0.3, 0.4) is 0 Å². The number of nitrogens with zero attached hydrogens (tertiary/aromatic N) is 3. The van der Waals surface area contributed by atoms with Gasteiger partial charge in [-0.05, 0) is 25.5 Å². The Morgan fingerprint density at radius 3 is 2.41 bits per heavy atom. The number of benzene rings is 1. The highest BCUT2D eigenvalue weighted by molar-refractivity contribution is 5.95. The lowest BCUT2D eigenvalue weighted by atomic mass is 10.1. The SMILES string of the molecule is CCN(C(=O)CN1CCN(CCO)CC1)c1ccccc1C. The average Bonchev–Trinajstić information content (AvgIpc) is 2.52. The van der Waals surface area contributed by atoms with Crippen molar-refractivity contribution in [2.45, 2.75) is 13.8 Å². The second-order valence-corrected chi connectivity index (χ2v) is 5.77. The number of piperazine rings is 1. The molecule has 22 heavy (non-hydrogen) atoms. The zero-order valence-corrected chi connectivity index (χ0v) is 13.7. The summed E-state index contributed by atoms with van der Waals surface area (Å²) in [5.41, 5.74) is 2.14. The molecule has 1 aromatic rings. The molecule has 1 N–H and O–H groups in total. The molecule has 0 aliphatic carbocycles. The lowest BCUT2D eigenvalue weighted by molar-refractivity contribution is -0.120. The first-order valence-electron chi connectivity index (χ1n) is 8.07. The lowest BCUT2D eigenvalue weighted by Crippen LogP contribution is -2.50. The van der Waals surface area contributed by atoms with E-state index in [4.69, 9.17) is 5.11 Å². The molecule has 0 aromatic heterocycles. The Hall–Kier alpha value is -1.43. The van der Waals surface area contributed by atoms with Crippen molar-refractivity contribution in [2.24, 2.45) is 0 Å². The molecule has 2 rings (SSSR count). The van der Waals surface area contributed by atoms with Crippen molar-refractivity contribution in [1.29, 1.82) is 0 Å². The number of hydrogen-bond donors (Lipinski definition) is 1. The maximum absolute atomic E-state index is 12.6. The highest BCUT2D eigenvalue weighted by Crippen LogP contribution is 2.19. The van der Waals surface area contributed by atoms with Gasteiger partial charge in [0.25, 0.3) is 0 Å². The van der Waals surface area contributed by atoms with Crippen molar-refractivity contribution in [3.05, 3.63) is 29.8 Å². The fraction of sp³-hybridized carbons (Fsp3) is 0.588. The maximum Gasteiger partial charge on any atom is 0.241 e. The van der Waals surface area contributed by atoms with Gasteiger partial charge >= 0.3 is 0 Å². The van der Waals surface area contributed by atoms with Crippen molar-refractivity contribution >= 4 is 11.6 Å². The summed E-state index contributed by atoms with van der Waals surface area (Å²) < 4.78 is 0. The third kappa shape index (κ3) is 4.29. The van der Waals surface area contributed by atoms with Gasteiger partial charge in [0, 0.05) is 45.0 Å². The van der Waals surface area contributed by atoms with Gasteiger partial charge in [-0.2, -0.15) is 0 Å². The molecular formula is C17H27N3O2. The zero-order valence-electron chi connectivity index (χ0n) is 13.7. The highest BCUT2D eigenvalue weighted by atomic mass is 16.3. The van der Waals surface area contributed by atoms with Gasteiger partial charge in [-0.1, -0.05) is 18.2 Å². The topological polar surface area (TPSA) is 47.0 Å². The Balaban J connectivity index is 1.92. The van der Waals surface area contributed by atoms with Crippen LogP contribution >= 0.6 is 0 Å². The minimum Gasteiger partial charge on any atom is -0.395 e. The van der Waals surface area contributed by atoms with Gasteiger partial charge in [0.15, 0.2) is 0 Å².